The summed E-state index contributed by atoms with van der Waals surface area (Å²) in [6.07, 6.45) is -0.583. The van der Waals surface area contributed by atoms with Crippen molar-refractivity contribution in [2.45, 2.75) is 26.1 Å². The quantitative estimate of drug-likeness (QED) is 0.791. The molecule has 0 bridgehead atoms. The van der Waals surface area contributed by atoms with Crippen molar-refractivity contribution in [3.05, 3.63) is 65.2 Å². The van der Waals surface area contributed by atoms with Crippen molar-refractivity contribution in [1.29, 1.82) is 0 Å². The zero-order valence-corrected chi connectivity index (χ0v) is 13.4. The fourth-order valence-electron chi connectivity index (χ4n) is 2.62. The Morgan fingerprint density at radius 2 is 1.92 bits per heavy atom. The topological polar surface area (TPSA) is 61.8 Å². The van der Waals surface area contributed by atoms with Crippen molar-refractivity contribution in [2.75, 3.05) is 6.61 Å². The Bertz CT molecular complexity index is 753. The van der Waals surface area contributed by atoms with Crippen LogP contribution in [0.3, 0.4) is 0 Å². The summed E-state index contributed by atoms with van der Waals surface area (Å²) in [4.78, 5) is 24.2. The minimum absolute atomic E-state index is 0.0741. The molecule has 0 amide bonds. The Morgan fingerprint density at radius 1 is 1.17 bits per heavy atom. The van der Waals surface area contributed by atoms with Crippen molar-refractivity contribution in [1.82, 2.24) is 0 Å². The Balaban J connectivity index is 1.65. The molecule has 2 aromatic rings. The van der Waals surface area contributed by atoms with Crippen LogP contribution in [0.4, 0.5) is 0 Å². The van der Waals surface area contributed by atoms with Crippen LogP contribution in [-0.2, 0) is 27.3 Å². The van der Waals surface area contributed by atoms with Gasteiger partial charge in [0.1, 0.15) is 12.4 Å². The highest BCUT2D eigenvalue weighted by molar-refractivity contribution is 5.94. The van der Waals surface area contributed by atoms with E-state index in [1.165, 1.54) is 0 Å². The number of carbonyl (C=O) groups is 2. The summed E-state index contributed by atoms with van der Waals surface area (Å²) in [5.41, 5.74) is 2.07. The molecule has 0 saturated carbocycles. The summed E-state index contributed by atoms with van der Waals surface area (Å²) >= 11 is 0. The lowest BCUT2D eigenvalue weighted by atomic mass is 9.99. The van der Waals surface area contributed by atoms with Gasteiger partial charge in [-0.05, 0) is 24.6 Å². The van der Waals surface area contributed by atoms with E-state index in [9.17, 15) is 9.59 Å². The predicted molar refractivity (Wildman–Crippen MR) is 86.8 cm³/mol. The number of carbonyl (C=O) groups excluding carboxylic acids is 2. The molecule has 5 heteroatoms. The molecule has 3 rings (SSSR count). The van der Waals surface area contributed by atoms with E-state index < -0.39 is 18.0 Å². The first-order chi connectivity index (χ1) is 11.7. The van der Waals surface area contributed by atoms with Crippen LogP contribution < -0.4 is 4.74 Å². The van der Waals surface area contributed by atoms with Gasteiger partial charge in [0, 0.05) is 12.0 Å². The van der Waals surface area contributed by atoms with Gasteiger partial charge in [-0.2, -0.15) is 0 Å². The van der Waals surface area contributed by atoms with Crippen molar-refractivity contribution < 1.29 is 23.8 Å². The lowest BCUT2D eigenvalue weighted by molar-refractivity contribution is -0.155. The molecule has 1 unspecified atom stereocenters. The number of cyclic esters (lactones) is 1. The summed E-state index contributed by atoms with van der Waals surface area (Å²) in [7, 11) is 0. The number of fused-ring (bicyclic) bond motifs is 1. The third-order valence-electron chi connectivity index (χ3n) is 3.80. The fraction of sp³-hybridized carbons (Fsp3) is 0.263. The van der Waals surface area contributed by atoms with E-state index in [0.717, 1.165) is 11.1 Å². The Kier molecular flexibility index (Phi) is 4.79. The minimum Gasteiger partial charge on any atom is -0.493 e. The van der Waals surface area contributed by atoms with Gasteiger partial charge < -0.3 is 14.2 Å². The van der Waals surface area contributed by atoms with Crippen LogP contribution in [0.5, 0.6) is 5.75 Å². The number of benzene rings is 2. The van der Waals surface area contributed by atoms with E-state index in [0.29, 0.717) is 24.3 Å². The summed E-state index contributed by atoms with van der Waals surface area (Å²) in [5, 5.41) is 0. The van der Waals surface area contributed by atoms with Crippen molar-refractivity contribution in [3.63, 3.8) is 0 Å². The third kappa shape index (κ3) is 3.40. The Hall–Kier alpha value is -2.82. The van der Waals surface area contributed by atoms with Crippen LogP contribution in [0.2, 0.25) is 0 Å². The average Bonchev–Trinajstić information content (AvgIpc) is 2.61. The molecule has 24 heavy (non-hydrogen) atoms. The van der Waals surface area contributed by atoms with Crippen molar-refractivity contribution in [2.24, 2.45) is 0 Å². The minimum atomic E-state index is -0.911. The number of hydrogen-bond donors (Lipinski definition) is 0. The van der Waals surface area contributed by atoms with Crippen LogP contribution in [0, 0.1) is 0 Å². The first-order valence-electron chi connectivity index (χ1n) is 7.85. The van der Waals surface area contributed by atoms with E-state index >= 15 is 0 Å². The zero-order valence-electron chi connectivity index (χ0n) is 13.4. The number of ether oxygens (including phenoxy) is 3. The molecule has 0 aromatic heterocycles. The molecule has 0 saturated heterocycles. The summed E-state index contributed by atoms with van der Waals surface area (Å²) in [5.74, 6) is -0.364. The lowest BCUT2D eigenvalue weighted by Gasteiger charge is -2.23. The fourth-order valence-corrected chi connectivity index (χ4v) is 2.62. The normalized spacial score (nSPS) is 16.0. The SMILES string of the molecule is CCOc1ccccc1COC(=O)C1Cc2ccccc2C(=O)O1. The van der Waals surface area contributed by atoms with Gasteiger partial charge in [0.05, 0.1) is 12.2 Å². The van der Waals surface area contributed by atoms with Gasteiger partial charge in [-0.15, -0.1) is 0 Å². The Morgan fingerprint density at radius 3 is 2.75 bits per heavy atom. The number of hydrogen-bond acceptors (Lipinski definition) is 5. The van der Waals surface area contributed by atoms with Crippen LogP contribution in [0.15, 0.2) is 48.5 Å². The molecule has 0 radical (unpaired) electrons. The molecule has 1 aliphatic rings. The average molecular weight is 326 g/mol. The third-order valence-corrected chi connectivity index (χ3v) is 3.80. The van der Waals surface area contributed by atoms with Gasteiger partial charge >= 0.3 is 11.9 Å². The first-order valence-corrected chi connectivity index (χ1v) is 7.85. The highest BCUT2D eigenvalue weighted by Gasteiger charge is 2.32. The summed E-state index contributed by atoms with van der Waals surface area (Å²) in [6.45, 7) is 2.49. The van der Waals surface area contributed by atoms with E-state index in [1.807, 2.05) is 43.3 Å². The molecule has 1 aliphatic heterocycles. The number of para-hydroxylation sites is 1. The molecule has 0 fully saturated rings. The van der Waals surface area contributed by atoms with E-state index in [2.05, 4.69) is 0 Å². The van der Waals surface area contributed by atoms with Crippen molar-refractivity contribution >= 4 is 11.9 Å². The predicted octanol–water partition coefficient (Wildman–Crippen LogP) is 2.91. The van der Waals surface area contributed by atoms with Gasteiger partial charge in [-0.3, -0.25) is 0 Å². The number of rotatable bonds is 5. The van der Waals surface area contributed by atoms with Gasteiger partial charge in [0.25, 0.3) is 0 Å². The molecule has 5 nitrogen and oxygen atoms in total. The highest BCUT2D eigenvalue weighted by atomic mass is 16.6. The summed E-state index contributed by atoms with van der Waals surface area (Å²) in [6, 6.07) is 14.5. The molecule has 124 valence electrons. The maximum Gasteiger partial charge on any atom is 0.348 e. The molecule has 0 aliphatic carbocycles. The second-order valence-electron chi connectivity index (χ2n) is 5.40. The summed E-state index contributed by atoms with van der Waals surface area (Å²) < 4.78 is 16.0. The van der Waals surface area contributed by atoms with Gasteiger partial charge in [-0.1, -0.05) is 36.4 Å². The van der Waals surface area contributed by atoms with Crippen LogP contribution >= 0.6 is 0 Å². The highest BCUT2D eigenvalue weighted by Crippen LogP contribution is 2.23. The molecular weight excluding hydrogens is 308 g/mol. The molecule has 0 N–H and O–H groups in total. The lowest BCUT2D eigenvalue weighted by Crippen LogP contribution is -2.35. The van der Waals surface area contributed by atoms with Crippen LogP contribution in [-0.4, -0.2) is 24.6 Å². The van der Waals surface area contributed by atoms with E-state index in [1.54, 1.807) is 12.1 Å². The number of esters is 2. The van der Waals surface area contributed by atoms with Crippen molar-refractivity contribution in [3.8, 4) is 5.75 Å². The molecule has 1 heterocycles. The Labute approximate surface area is 140 Å². The van der Waals surface area contributed by atoms with Gasteiger partial charge in [-0.25, -0.2) is 9.59 Å². The van der Waals surface area contributed by atoms with E-state index in [-0.39, 0.29) is 6.61 Å². The first kappa shape index (κ1) is 16.1. The second-order valence-corrected chi connectivity index (χ2v) is 5.40. The van der Waals surface area contributed by atoms with E-state index in [4.69, 9.17) is 14.2 Å². The maximum atomic E-state index is 12.3. The molecular formula is C19H18O5. The molecule has 1 atom stereocenters. The second kappa shape index (κ2) is 7.17. The standard InChI is InChI=1S/C19H18O5/c1-2-22-16-10-6-4-8-14(16)12-23-19(21)17-11-13-7-3-5-9-15(13)18(20)24-17/h3-10,17H,2,11-12H2,1H3. The maximum absolute atomic E-state index is 12.3. The monoisotopic (exact) mass is 326 g/mol. The molecule has 2 aromatic carbocycles. The van der Waals surface area contributed by atoms with Gasteiger partial charge in [0.2, 0.25) is 6.10 Å². The zero-order chi connectivity index (χ0) is 16.9. The van der Waals surface area contributed by atoms with Crippen LogP contribution in [0.1, 0.15) is 28.4 Å². The van der Waals surface area contributed by atoms with Gasteiger partial charge in [0.15, 0.2) is 0 Å². The largest absolute Gasteiger partial charge is 0.493 e. The van der Waals surface area contributed by atoms with Crippen LogP contribution in [0.25, 0.3) is 0 Å². The smallest absolute Gasteiger partial charge is 0.348 e. The molecule has 0 spiro atoms.